The van der Waals surface area contributed by atoms with Crippen molar-refractivity contribution in [1.82, 2.24) is 0 Å². The molecule has 10 aromatic carbocycles. The molecule has 0 radical (unpaired) electrons. The first-order valence-electron chi connectivity index (χ1n) is 19.2. The predicted molar refractivity (Wildman–Crippen MR) is 237 cm³/mol. The predicted octanol–water partition coefficient (Wildman–Crippen LogP) is 15.5. The van der Waals surface area contributed by atoms with Crippen molar-refractivity contribution in [3.8, 4) is 33.4 Å². The largest absolute Gasteiger partial charge is 0.455 e. The first kappa shape index (κ1) is 32.0. The van der Waals surface area contributed by atoms with Crippen molar-refractivity contribution in [2.75, 3.05) is 4.90 Å². The molecule has 0 fully saturated rings. The molecule has 0 aliphatic rings. The molecule has 1 aromatic heterocycles. The van der Waals surface area contributed by atoms with Gasteiger partial charge in [-0.2, -0.15) is 0 Å². The molecule has 0 bridgehead atoms. The molecule has 11 aromatic rings. The molecule has 0 N–H and O–H groups in total. The Bertz CT molecular complexity index is 3230. The number of furan rings is 1. The van der Waals surface area contributed by atoms with Crippen LogP contribution in [0.5, 0.6) is 0 Å². The maximum Gasteiger partial charge on any atom is 0.143 e. The van der Waals surface area contributed by atoms with Gasteiger partial charge in [-0.1, -0.05) is 164 Å². The van der Waals surface area contributed by atoms with Gasteiger partial charge in [-0.15, -0.1) is 0 Å². The summed E-state index contributed by atoms with van der Waals surface area (Å²) in [7, 11) is 0. The fraction of sp³-hybridized carbons (Fsp3) is 0. The normalized spacial score (nSPS) is 11.6. The molecule has 11 rings (SSSR count). The van der Waals surface area contributed by atoms with E-state index >= 15 is 0 Å². The van der Waals surface area contributed by atoms with Gasteiger partial charge in [-0.25, -0.2) is 0 Å². The number of benzene rings is 10. The van der Waals surface area contributed by atoms with Crippen LogP contribution in [0.15, 0.2) is 217 Å². The molecule has 0 saturated heterocycles. The van der Waals surface area contributed by atoms with Crippen LogP contribution < -0.4 is 4.90 Å². The van der Waals surface area contributed by atoms with E-state index in [1.165, 1.54) is 54.6 Å². The van der Waals surface area contributed by atoms with E-state index in [4.69, 9.17) is 4.42 Å². The number of fused-ring (bicyclic) bond motifs is 7. The third-order valence-corrected chi connectivity index (χ3v) is 11.2. The second kappa shape index (κ2) is 13.2. The molecule has 1 heterocycles. The number of rotatable bonds is 6. The zero-order valence-electron chi connectivity index (χ0n) is 30.6. The monoisotopic (exact) mass is 713 g/mol. The van der Waals surface area contributed by atoms with E-state index in [-0.39, 0.29) is 0 Å². The zero-order chi connectivity index (χ0) is 37.0. The average Bonchev–Trinajstić information content (AvgIpc) is 3.64. The van der Waals surface area contributed by atoms with Crippen LogP contribution >= 0.6 is 0 Å². The van der Waals surface area contributed by atoms with Gasteiger partial charge in [-0.3, -0.25) is 0 Å². The Balaban J connectivity index is 1.02. The second-order valence-electron chi connectivity index (χ2n) is 14.5. The molecule has 0 spiro atoms. The maximum absolute atomic E-state index is 6.61. The lowest BCUT2D eigenvalue weighted by Gasteiger charge is -2.28. The van der Waals surface area contributed by atoms with Crippen LogP contribution in [0.25, 0.3) is 87.6 Å². The highest BCUT2D eigenvalue weighted by Gasteiger charge is 2.19. The Hall–Kier alpha value is -7.42. The van der Waals surface area contributed by atoms with Gasteiger partial charge in [0.15, 0.2) is 0 Å². The standard InChI is InChI=1S/C54H35NO/c1-2-11-37(12-3-1)47-17-8-9-20-52(47)55(44-29-25-36(26-30-44)43-24-23-40-22-21-38-13-6-7-16-46(38)50(40)33-43)45-31-27-39(28-32-45)48-18-10-19-49-51-34-41-14-4-5-15-42(41)35-53(51)56-54(48)49/h1-35H. The van der Waals surface area contributed by atoms with Gasteiger partial charge in [0.1, 0.15) is 11.2 Å². The van der Waals surface area contributed by atoms with E-state index in [1.54, 1.807) is 0 Å². The van der Waals surface area contributed by atoms with Gasteiger partial charge in [-0.05, 0) is 103 Å². The highest BCUT2D eigenvalue weighted by molar-refractivity contribution is 6.13. The first-order chi connectivity index (χ1) is 27.7. The minimum atomic E-state index is 0.909. The fourth-order valence-electron chi connectivity index (χ4n) is 8.44. The highest BCUT2D eigenvalue weighted by atomic mass is 16.3. The minimum Gasteiger partial charge on any atom is -0.455 e. The van der Waals surface area contributed by atoms with Gasteiger partial charge in [0, 0.05) is 33.3 Å². The molecule has 0 aliphatic heterocycles. The third-order valence-electron chi connectivity index (χ3n) is 11.2. The maximum atomic E-state index is 6.61. The van der Waals surface area contributed by atoms with Crippen molar-refractivity contribution in [2.24, 2.45) is 0 Å². The van der Waals surface area contributed by atoms with Crippen LogP contribution in [0.1, 0.15) is 0 Å². The fourth-order valence-corrected chi connectivity index (χ4v) is 8.44. The Labute approximate surface area is 325 Å². The summed E-state index contributed by atoms with van der Waals surface area (Å²) in [6, 6.07) is 76.4. The van der Waals surface area contributed by atoms with E-state index in [2.05, 4.69) is 217 Å². The minimum absolute atomic E-state index is 0.909. The summed E-state index contributed by atoms with van der Waals surface area (Å²) in [4.78, 5) is 2.37. The lowest BCUT2D eigenvalue weighted by molar-refractivity contribution is 0.670. The molecular weight excluding hydrogens is 679 g/mol. The molecule has 0 amide bonds. The average molecular weight is 714 g/mol. The molecule has 2 heteroatoms. The number of nitrogens with zero attached hydrogens (tertiary/aromatic N) is 1. The van der Waals surface area contributed by atoms with E-state index < -0.39 is 0 Å². The molecule has 0 saturated carbocycles. The number of hydrogen-bond acceptors (Lipinski definition) is 2. The quantitative estimate of drug-likeness (QED) is 0.160. The number of anilines is 3. The molecule has 2 nitrogen and oxygen atoms in total. The summed E-state index contributed by atoms with van der Waals surface area (Å²) in [6.07, 6.45) is 0. The van der Waals surface area contributed by atoms with E-state index in [0.29, 0.717) is 0 Å². The summed E-state index contributed by atoms with van der Waals surface area (Å²) < 4.78 is 6.61. The summed E-state index contributed by atoms with van der Waals surface area (Å²) in [5, 5.41) is 9.73. The molecule has 0 unspecified atom stereocenters. The molecule has 0 aliphatic carbocycles. The van der Waals surface area contributed by atoms with Crippen molar-refractivity contribution in [3.05, 3.63) is 212 Å². The highest BCUT2D eigenvalue weighted by Crippen LogP contribution is 2.43. The lowest BCUT2D eigenvalue weighted by Crippen LogP contribution is -2.11. The van der Waals surface area contributed by atoms with Crippen molar-refractivity contribution in [2.45, 2.75) is 0 Å². The van der Waals surface area contributed by atoms with Crippen molar-refractivity contribution in [1.29, 1.82) is 0 Å². The lowest BCUT2D eigenvalue weighted by atomic mass is 9.97. The molecule has 56 heavy (non-hydrogen) atoms. The smallest absolute Gasteiger partial charge is 0.143 e. The summed E-state index contributed by atoms with van der Waals surface area (Å²) >= 11 is 0. The Kier molecular flexibility index (Phi) is 7.53. The topological polar surface area (TPSA) is 16.4 Å². The second-order valence-corrected chi connectivity index (χ2v) is 14.5. The van der Waals surface area contributed by atoms with Crippen molar-refractivity contribution >= 4 is 71.3 Å². The van der Waals surface area contributed by atoms with E-state index in [1.807, 2.05) is 0 Å². The van der Waals surface area contributed by atoms with Crippen LogP contribution in [-0.2, 0) is 0 Å². The van der Waals surface area contributed by atoms with Crippen LogP contribution in [-0.4, -0.2) is 0 Å². The van der Waals surface area contributed by atoms with Gasteiger partial charge < -0.3 is 9.32 Å². The number of hydrogen-bond donors (Lipinski definition) is 0. The Morgan fingerprint density at radius 2 is 0.857 bits per heavy atom. The van der Waals surface area contributed by atoms with Gasteiger partial charge in [0.2, 0.25) is 0 Å². The Morgan fingerprint density at radius 1 is 0.304 bits per heavy atom. The SMILES string of the molecule is c1ccc(-c2ccccc2N(c2ccc(-c3ccc4ccc5ccccc5c4c3)cc2)c2ccc(-c3cccc4c3oc3cc5ccccc5cc34)cc2)cc1. The van der Waals surface area contributed by atoms with E-state index in [0.717, 1.165) is 50.1 Å². The molecular formula is C54H35NO. The van der Waals surface area contributed by atoms with E-state index in [9.17, 15) is 0 Å². The summed E-state index contributed by atoms with van der Waals surface area (Å²) in [5.74, 6) is 0. The Morgan fingerprint density at radius 3 is 1.64 bits per heavy atom. The van der Waals surface area contributed by atoms with Crippen LogP contribution in [0.2, 0.25) is 0 Å². The first-order valence-corrected chi connectivity index (χ1v) is 19.2. The van der Waals surface area contributed by atoms with Crippen LogP contribution in [0.4, 0.5) is 17.1 Å². The summed E-state index contributed by atoms with van der Waals surface area (Å²) in [5.41, 5.74) is 12.0. The molecule has 0 atom stereocenters. The van der Waals surface area contributed by atoms with Crippen molar-refractivity contribution in [3.63, 3.8) is 0 Å². The van der Waals surface area contributed by atoms with Gasteiger partial charge in [0.25, 0.3) is 0 Å². The third kappa shape index (κ3) is 5.42. The van der Waals surface area contributed by atoms with Crippen LogP contribution in [0, 0.1) is 0 Å². The van der Waals surface area contributed by atoms with Crippen LogP contribution in [0.3, 0.4) is 0 Å². The summed E-state index contributed by atoms with van der Waals surface area (Å²) in [6.45, 7) is 0. The van der Waals surface area contributed by atoms with Gasteiger partial charge in [0.05, 0.1) is 5.69 Å². The molecule has 262 valence electrons. The van der Waals surface area contributed by atoms with Crippen molar-refractivity contribution < 1.29 is 4.42 Å². The van der Waals surface area contributed by atoms with Gasteiger partial charge >= 0.3 is 0 Å². The zero-order valence-corrected chi connectivity index (χ0v) is 30.6. The number of para-hydroxylation sites is 2.